The Labute approximate surface area is 162 Å². The van der Waals surface area contributed by atoms with Crippen LogP contribution in [0, 0.1) is 5.82 Å². The number of para-hydroxylation sites is 2. The molecule has 2 aromatic heterocycles. The fraction of sp³-hybridized carbons (Fsp3) is 0.227. The van der Waals surface area contributed by atoms with Crippen molar-refractivity contribution in [2.45, 2.75) is 25.4 Å². The molecule has 1 aliphatic heterocycles. The Balaban J connectivity index is 1.42. The average Bonchev–Trinajstić information content (AvgIpc) is 3.36. The predicted octanol–water partition coefficient (Wildman–Crippen LogP) is 4.30. The van der Waals surface area contributed by atoms with Crippen LogP contribution < -0.4 is 4.90 Å². The van der Waals surface area contributed by atoms with Gasteiger partial charge in [-0.25, -0.2) is 14.4 Å². The molecule has 0 amide bonds. The number of imidazole rings is 1. The fourth-order valence-electron chi connectivity index (χ4n) is 3.96. The molecule has 4 aromatic rings. The van der Waals surface area contributed by atoms with Crippen LogP contribution in [0.15, 0.2) is 67.3 Å². The molecule has 0 radical (unpaired) electrons. The highest BCUT2D eigenvalue weighted by Gasteiger charge is 2.27. The molecular weight excluding hydrogens is 353 g/mol. The van der Waals surface area contributed by atoms with Gasteiger partial charge in [0.1, 0.15) is 11.6 Å². The Bertz CT molecular complexity index is 1110. The van der Waals surface area contributed by atoms with E-state index in [-0.39, 0.29) is 5.82 Å². The number of hydrogen-bond acceptors (Lipinski definition) is 4. The first-order valence-corrected chi connectivity index (χ1v) is 9.52. The average molecular weight is 373 g/mol. The smallest absolute Gasteiger partial charge is 0.148 e. The first kappa shape index (κ1) is 16.9. The van der Waals surface area contributed by atoms with E-state index in [0.717, 1.165) is 54.0 Å². The zero-order chi connectivity index (χ0) is 18.9. The van der Waals surface area contributed by atoms with Crippen LogP contribution in [0.5, 0.6) is 0 Å². The van der Waals surface area contributed by atoms with Gasteiger partial charge in [-0.05, 0) is 49.2 Å². The SMILES string of the molecule is Fc1ccc(-c2cncc(N3CCCC3Cn3cnc4ccccc43)n2)cc1. The second kappa shape index (κ2) is 7.03. The molecule has 5 rings (SSSR count). The summed E-state index contributed by atoms with van der Waals surface area (Å²) >= 11 is 0. The number of halogens is 1. The van der Waals surface area contributed by atoms with Crippen LogP contribution in [-0.4, -0.2) is 32.1 Å². The summed E-state index contributed by atoms with van der Waals surface area (Å²) < 4.78 is 15.4. The Hall–Kier alpha value is -3.28. The highest BCUT2D eigenvalue weighted by molar-refractivity contribution is 5.75. The number of benzene rings is 2. The summed E-state index contributed by atoms with van der Waals surface area (Å²) in [6.07, 6.45) is 7.69. The zero-order valence-electron chi connectivity index (χ0n) is 15.4. The summed E-state index contributed by atoms with van der Waals surface area (Å²) in [5, 5.41) is 0. The van der Waals surface area contributed by atoms with Gasteiger partial charge in [0.25, 0.3) is 0 Å². The maximum atomic E-state index is 13.2. The molecule has 0 saturated carbocycles. The number of fused-ring (bicyclic) bond motifs is 1. The third kappa shape index (κ3) is 3.11. The fourth-order valence-corrected chi connectivity index (χ4v) is 3.96. The van der Waals surface area contributed by atoms with Crippen LogP contribution in [0.25, 0.3) is 22.3 Å². The largest absolute Gasteiger partial charge is 0.351 e. The van der Waals surface area contributed by atoms with Crippen molar-refractivity contribution in [2.75, 3.05) is 11.4 Å². The molecular formula is C22H20FN5. The van der Waals surface area contributed by atoms with Crippen molar-refractivity contribution in [3.63, 3.8) is 0 Å². The second-order valence-electron chi connectivity index (χ2n) is 7.14. The van der Waals surface area contributed by atoms with Crippen molar-refractivity contribution in [1.82, 2.24) is 19.5 Å². The summed E-state index contributed by atoms with van der Waals surface area (Å²) in [5.41, 5.74) is 3.80. The van der Waals surface area contributed by atoms with Crippen LogP contribution in [0.3, 0.4) is 0 Å². The van der Waals surface area contributed by atoms with Crippen LogP contribution in [0.4, 0.5) is 10.2 Å². The monoisotopic (exact) mass is 373 g/mol. The van der Waals surface area contributed by atoms with Gasteiger partial charge in [0.2, 0.25) is 0 Å². The molecule has 1 fully saturated rings. The van der Waals surface area contributed by atoms with E-state index in [2.05, 4.69) is 25.5 Å². The van der Waals surface area contributed by atoms with Gasteiger partial charge in [0.15, 0.2) is 0 Å². The van der Waals surface area contributed by atoms with Crippen LogP contribution in [-0.2, 0) is 6.54 Å². The van der Waals surface area contributed by atoms with E-state index >= 15 is 0 Å². The molecule has 1 atom stereocenters. The lowest BCUT2D eigenvalue weighted by molar-refractivity contribution is 0.556. The molecule has 2 aromatic carbocycles. The van der Waals surface area contributed by atoms with E-state index in [1.165, 1.54) is 12.1 Å². The van der Waals surface area contributed by atoms with E-state index < -0.39 is 0 Å². The van der Waals surface area contributed by atoms with E-state index in [4.69, 9.17) is 4.98 Å². The van der Waals surface area contributed by atoms with E-state index in [1.807, 2.05) is 30.7 Å². The minimum absolute atomic E-state index is 0.250. The van der Waals surface area contributed by atoms with Crippen LogP contribution in [0.2, 0.25) is 0 Å². The van der Waals surface area contributed by atoms with Crippen LogP contribution >= 0.6 is 0 Å². The molecule has 0 N–H and O–H groups in total. The predicted molar refractivity (Wildman–Crippen MR) is 108 cm³/mol. The first-order chi connectivity index (χ1) is 13.8. The van der Waals surface area contributed by atoms with Crippen molar-refractivity contribution in [3.05, 3.63) is 73.1 Å². The molecule has 3 heterocycles. The van der Waals surface area contributed by atoms with Crippen molar-refractivity contribution < 1.29 is 4.39 Å². The normalized spacial score (nSPS) is 16.8. The minimum atomic E-state index is -0.250. The summed E-state index contributed by atoms with van der Waals surface area (Å²) in [6, 6.07) is 14.9. The maximum Gasteiger partial charge on any atom is 0.148 e. The summed E-state index contributed by atoms with van der Waals surface area (Å²) in [7, 11) is 0. The first-order valence-electron chi connectivity index (χ1n) is 9.52. The minimum Gasteiger partial charge on any atom is -0.351 e. The standard InChI is InChI=1S/C22H20FN5/c23-17-9-7-16(8-10-17)20-12-24-13-22(26-20)28-11-3-4-18(28)14-27-15-25-19-5-1-2-6-21(19)27/h1-2,5-10,12-13,15,18H,3-4,11,14H2. The molecule has 0 aliphatic carbocycles. The van der Waals surface area contributed by atoms with Gasteiger partial charge in [-0.1, -0.05) is 12.1 Å². The number of rotatable bonds is 4. The highest BCUT2D eigenvalue weighted by atomic mass is 19.1. The molecule has 28 heavy (non-hydrogen) atoms. The van der Waals surface area contributed by atoms with Crippen molar-refractivity contribution in [2.24, 2.45) is 0 Å². The summed E-state index contributed by atoms with van der Waals surface area (Å²) in [5.74, 6) is 0.619. The van der Waals surface area contributed by atoms with E-state index in [1.54, 1.807) is 18.3 Å². The second-order valence-corrected chi connectivity index (χ2v) is 7.14. The van der Waals surface area contributed by atoms with Gasteiger partial charge in [0.05, 0.1) is 35.4 Å². The van der Waals surface area contributed by atoms with Gasteiger partial charge >= 0.3 is 0 Å². The van der Waals surface area contributed by atoms with Gasteiger partial charge in [-0.2, -0.15) is 0 Å². The van der Waals surface area contributed by atoms with Gasteiger partial charge in [-0.3, -0.25) is 4.98 Å². The number of nitrogens with zero attached hydrogens (tertiary/aromatic N) is 5. The molecule has 0 bridgehead atoms. The lowest BCUT2D eigenvalue weighted by atomic mass is 10.1. The van der Waals surface area contributed by atoms with Crippen molar-refractivity contribution in [1.29, 1.82) is 0 Å². The Kier molecular flexibility index (Phi) is 4.24. The van der Waals surface area contributed by atoms with Crippen LogP contribution in [0.1, 0.15) is 12.8 Å². The maximum absolute atomic E-state index is 13.2. The molecule has 1 unspecified atom stereocenters. The Morgan fingerprint density at radius 2 is 1.89 bits per heavy atom. The number of hydrogen-bond donors (Lipinski definition) is 0. The molecule has 5 nitrogen and oxygen atoms in total. The number of aromatic nitrogens is 4. The lowest BCUT2D eigenvalue weighted by Gasteiger charge is -2.26. The van der Waals surface area contributed by atoms with Gasteiger partial charge in [0, 0.05) is 24.7 Å². The zero-order valence-corrected chi connectivity index (χ0v) is 15.4. The summed E-state index contributed by atoms with van der Waals surface area (Å²) in [4.78, 5) is 16.0. The van der Waals surface area contributed by atoms with E-state index in [0.29, 0.717) is 6.04 Å². The lowest BCUT2D eigenvalue weighted by Crippen LogP contribution is -2.33. The highest BCUT2D eigenvalue weighted by Crippen LogP contribution is 2.27. The van der Waals surface area contributed by atoms with Gasteiger partial charge in [-0.15, -0.1) is 0 Å². The van der Waals surface area contributed by atoms with E-state index in [9.17, 15) is 4.39 Å². The van der Waals surface area contributed by atoms with Crippen molar-refractivity contribution in [3.8, 4) is 11.3 Å². The molecule has 6 heteroatoms. The molecule has 1 aliphatic rings. The topological polar surface area (TPSA) is 46.8 Å². The van der Waals surface area contributed by atoms with Gasteiger partial charge < -0.3 is 9.47 Å². The Morgan fingerprint density at radius 1 is 1.04 bits per heavy atom. The quantitative estimate of drug-likeness (QED) is 0.535. The molecule has 140 valence electrons. The number of anilines is 1. The Morgan fingerprint density at radius 3 is 2.79 bits per heavy atom. The third-order valence-electron chi connectivity index (χ3n) is 5.37. The summed E-state index contributed by atoms with van der Waals surface area (Å²) in [6.45, 7) is 1.82. The molecule has 1 saturated heterocycles. The van der Waals surface area contributed by atoms with Crippen molar-refractivity contribution >= 4 is 16.9 Å². The molecule has 0 spiro atoms. The third-order valence-corrected chi connectivity index (χ3v) is 5.37.